The number of aryl methyl sites for hydroxylation is 2. The Morgan fingerprint density at radius 3 is 2.40 bits per heavy atom. The van der Waals surface area contributed by atoms with Gasteiger partial charge in [0.1, 0.15) is 5.75 Å². The second kappa shape index (κ2) is 9.45. The van der Waals surface area contributed by atoms with E-state index in [0.29, 0.717) is 24.3 Å². The van der Waals surface area contributed by atoms with Gasteiger partial charge in [-0.3, -0.25) is 4.72 Å². The van der Waals surface area contributed by atoms with Crippen LogP contribution in [0.3, 0.4) is 0 Å². The Balaban J connectivity index is 1.69. The minimum atomic E-state index is -3.72. The lowest BCUT2D eigenvalue weighted by Crippen LogP contribution is -2.14. The molecule has 2 N–H and O–H groups in total. The summed E-state index contributed by atoms with van der Waals surface area (Å²) in [6, 6.07) is 20.3. The topological polar surface area (TPSA) is 92.7 Å². The van der Waals surface area contributed by atoms with Crippen LogP contribution in [0.4, 0.5) is 5.69 Å². The molecule has 0 saturated heterocycles. The normalized spacial score (nSPS) is 11.1. The predicted molar refractivity (Wildman–Crippen MR) is 116 cm³/mol. The van der Waals surface area contributed by atoms with Crippen molar-refractivity contribution >= 4 is 21.7 Å². The summed E-state index contributed by atoms with van der Waals surface area (Å²) < 4.78 is 33.2. The van der Waals surface area contributed by atoms with Crippen LogP contribution in [0.5, 0.6) is 5.75 Å². The number of hydrogen-bond donors (Lipinski definition) is 2. The van der Waals surface area contributed by atoms with Gasteiger partial charge in [0.05, 0.1) is 23.3 Å². The van der Waals surface area contributed by atoms with E-state index >= 15 is 0 Å². The Morgan fingerprint density at radius 1 is 0.967 bits per heavy atom. The first-order valence-corrected chi connectivity index (χ1v) is 10.9. The Kier molecular flexibility index (Phi) is 6.74. The zero-order valence-electron chi connectivity index (χ0n) is 16.5. The molecule has 3 aromatic rings. The van der Waals surface area contributed by atoms with Crippen molar-refractivity contribution in [2.75, 3.05) is 11.8 Å². The first-order chi connectivity index (χ1) is 14.4. The third-order valence-electron chi connectivity index (χ3n) is 4.72. The molecule has 30 heavy (non-hydrogen) atoms. The van der Waals surface area contributed by atoms with Crippen LogP contribution >= 0.6 is 0 Å². The van der Waals surface area contributed by atoms with Crippen LogP contribution in [0, 0.1) is 0 Å². The molecule has 3 rings (SSSR count). The summed E-state index contributed by atoms with van der Waals surface area (Å²) >= 11 is 0. The molecular formula is C23H23NO5S. The van der Waals surface area contributed by atoms with Crippen LogP contribution in [-0.4, -0.2) is 26.6 Å². The summed E-state index contributed by atoms with van der Waals surface area (Å²) in [6.45, 7) is 0. The average molecular weight is 426 g/mol. The average Bonchev–Trinajstić information content (AvgIpc) is 2.75. The Labute approximate surface area is 176 Å². The van der Waals surface area contributed by atoms with E-state index in [1.807, 2.05) is 18.2 Å². The molecule has 0 saturated carbocycles. The second-order valence-electron chi connectivity index (χ2n) is 6.80. The number of aromatic carboxylic acids is 1. The Morgan fingerprint density at radius 2 is 1.70 bits per heavy atom. The molecule has 156 valence electrons. The lowest BCUT2D eigenvalue weighted by atomic mass is 10.0. The van der Waals surface area contributed by atoms with Gasteiger partial charge in [0.25, 0.3) is 10.0 Å². The van der Waals surface area contributed by atoms with E-state index < -0.39 is 16.0 Å². The second-order valence-corrected chi connectivity index (χ2v) is 8.48. The molecule has 0 bridgehead atoms. The number of anilines is 1. The molecule has 0 aromatic heterocycles. The van der Waals surface area contributed by atoms with E-state index in [9.17, 15) is 13.2 Å². The fourth-order valence-corrected chi connectivity index (χ4v) is 4.24. The largest absolute Gasteiger partial charge is 0.497 e. The minimum Gasteiger partial charge on any atom is -0.497 e. The number of methoxy groups -OCH3 is 1. The van der Waals surface area contributed by atoms with E-state index in [1.165, 1.54) is 19.2 Å². The van der Waals surface area contributed by atoms with Gasteiger partial charge in [-0.1, -0.05) is 30.3 Å². The van der Waals surface area contributed by atoms with Gasteiger partial charge in [-0.05, 0) is 72.9 Å². The molecule has 0 atom stereocenters. The highest BCUT2D eigenvalue weighted by Gasteiger charge is 2.16. The summed E-state index contributed by atoms with van der Waals surface area (Å²) in [4.78, 5) is 11.3. The number of sulfonamides is 1. The monoisotopic (exact) mass is 425 g/mol. The summed E-state index contributed by atoms with van der Waals surface area (Å²) in [7, 11) is -2.20. The number of benzene rings is 3. The number of ether oxygens (including phenoxy) is 1. The molecule has 0 fully saturated rings. The van der Waals surface area contributed by atoms with Gasteiger partial charge in [0, 0.05) is 0 Å². The van der Waals surface area contributed by atoms with Gasteiger partial charge in [-0.15, -0.1) is 0 Å². The van der Waals surface area contributed by atoms with Gasteiger partial charge in [0.2, 0.25) is 0 Å². The molecule has 0 aliphatic heterocycles. The lowest BCUT2D eigenvalue weighted by molar-refractivity contribution is 0.0696. The van der Waals surface area contributed by atoms with Crippen LogP contribution in [0.2, 0.25) is 0 Å². The van der Waals surface area contributed by atoms with E-state index in [0.717, 1.165) is 17.5 Å². The maximum absolute atomic E-state index is 12.7. The molecule has 0 aliphatic rings. The molecule has 6 nitrogen and oxygen atoms in total. The predicted octanol–water partition coefficient (Wildman–Crippen LogP) is 4.37. The van der Waals surface area contributed by atoms with E-state index in [4.69, 9.17) is 9.84 Å². The van der Waals surface area contributed by atoms with Crippen molar-refractivity contribution in [2.45, 2.75) is 24.2 Å². The molecule has 0 spiro atoms. The fraction of sp³-hybridized carbons (Fsp3) is 0.174. The number of nitrogens with one attached hydrogen (secondary N) is 1. The molecule has 3 aromatic carbocycles. The number of carboxylic acids is 1. The van der Waals surface area contributed by atoms with E-state index in [1.54, 1.807) is 42.5 Å². The smallest absolute Gasteiger partial charge is 0.335 e. The SMILES string of the molecule is COc1ccc(S(=O)(=O)Nc2ccccc2CCCc2cccc(C(=O)O)c2)cc1. The molecule has 0 aliphatic carbocycles. The number of carbonyl (C=O) groups is 1. The molecule has 0 heterocycles. The van der Waals surface area contributed by atoms with Gasteiger partial charge >= 0.3 is 5.97 Å². The lowest BCUT2D eigenvalue weighted by Gasteiger charge is -2.13. The summed E-state index contributed by atoms with van der Waals surface area (Å²) in [5.41, 5.74) is 2.61. The third kappa shape index (κ3) is 5.39. The van der Waals surface area contributed by atoms with Crippen LogP contribution < -0.4 is 9.46 Å². The standard InChI is InChI=1S/C23H23NO5S/c1-29-20-12-14-21(15-13-20)30(27,28)24-22-11-3-2-8-18(22)9-4-6-17-7-5-10-19(16-17)23(25)26/h2-3,5,7-8,10-16,24H,4,6,9H2,1H3,(H,25,26). The van der Waals surface area contributed by atoms with Crippen molar-refractivity contribution in [1.82, 2.24) is 0 Å². The van der Waals surface area contributed by atoms with Crippen molar-refractivity contribution < 1.29 is 23.1 Å². The van der Waals surface area contributed by atoms with Crippen molar-refractivity contribution in [3.05, 3.63) is 89.5 Å². The first kappa shape index (κ1) is 21.4. The summed E-state index contributed by atoms with van der Waals surface area (Å²) in [6.07, 6.45) is 2.10. The van der Waals surface area contributed by atoms with Crippen LogP contribution in [-0.2, 0) is 22.9 Å². The van der Waals surface area contributed by atoms with Crippen molar-refractivity contribution in [3.63, 3.8) is 0 Å². The van der Waals surface area contributed by atoms with Crippen molar-refractivity contribution in [3.8, 4) is 5.75 Å². The van der Waals surface area contributed by atoms with Gasteiger partial charge in [-0.25, -0.2) is 13.2 Å². The van der Waals surface area contributed by atoms with Gasteiger partial charge in [-0.2, -0.15) is 0 Å². The van der Waals surface area contributed by atoms with E-state index in [-0.39, 0.29) is 10.5 Å². The zero-order valence-corrected chi connectivity index (χ0v) is 17.4. The van der Waals surface area contributed by atoms with Crippen LogP contribution in [0.25, 0.3) is 0 Å². The number of carboxylic acid groups (broad SMARTS) is 1. The highest BCUT2D eigenvalue weighted by molar-refractivity contribution is 7.92. The summed E-state index contributed by atoms with van der Waals surface area (Å²) in [5.74, 6) is -0.364. The number of para-hydroxylation sites is 1. The maximum Gasteiger partial charge on any atom is 0.335 e. The maximum atomic E-state index is 12.7. The van der Waals surface area contributed by atoms with Gasteiger partial charge in [0.15, 0.2) is 0 Å². The minimum absolute atomic E-state index is 0.156. The number of rotatable bonds is 9. The van der Waals surface area contributed by atoms with Crippen LogP contribution in [0.15, 0.2) is 77.7 Å². The van der Waals surface area contributed by atoms with E-state index in [2.05, 4.69) is 4.72 Å². The first-order valence-electron chi connectivity index (χ1n) is 9.46. The Hall–Kier alpha value is -3.32. The zero-order chi connectivity index (χ0) is 21.6. The number of hydrogen-bond acceptors (Lipinski definition) is 4. The van der Waals surface area contributed by atoms with Crippen molar-refractivity contribution in [2.24, 2.45) is 0 Å². The molecule has 0 amide bonds. The molecular weight excluding hydrogens is 402 g/mol. The van der Waals surface area contributed by atoms with Gasteiger partial charge < -0.3 is 9.84 Å². The molecule has 0 radical (unpaired) electrons. The highest BCUT2D eigenvalue weighted by atomic mass is 32.2. The fourth-order valence-electron chi connectivity index (χ4n) is 3.14. The quantitative estimate of drug-likeness (QED) is 0.531. The molecule has 0 unspecified atom stereocenters. The van der Waals surface area contributed by atoms with Crippen LogP contribution in [0.1, 0.15) is 27.9 Å². The Bertz CT molecular complexity index is 1120. The highest BCUT2D eigenvalue weighted by Crippen LogP contribution is 2.23. The third-order valence-corrected chi connectivity index (χ3v) is 6.10. The van der Waals surface area contributed by atoms with Crippen molar-refractivity contribution in [1.29, 1.82) is 0 Å². The molecule has 7 heteroatoms. The summed E-state index contributed by atoms with van der Waals surface area (Å²) in [5, 5.41) is 9.11.